The molecule has 2 fully saturated rings. The van der Waals surface area contributed by atoms with Gasteiger partial charge in [0.15, 0.2) is 0 Å². The van der Waals surface area contributed by atoms with E-state index in [1.54, 1.807) is 13.8 Å². The fourth-order valence-corrected chi connectivity index (χ4v) is 2.81. The molecule has 0 amide bonds. The van der Waals surface area contributed by atoms with Crippen molar-refractivity contribution in [1.29, 1.82) is 0 Å². The number of hydrogen-bond donors (Lipinski definition) is 2. The summed E-state index contributed by atoms with van der Waals surface area (Å²) in [5, 5.41) is 15.1. The van der Waals surface area contributed by atoms with Crippen LogP contribution in [-0.2, 0) is 39.0 Å². The van der Waals surface area contributed by atoms with Crippen LogP contribution < -0.4 is 0 Å². The molecule has 2 N–H and O–H groups in total. The molecule has 0 heterocycles. The Labute approximate surface area is 203 Å². The van der Waals surface area contributed by atoms with E-state index in [9.17, 15) is 0 Å². The Balaban J connectivity index is -0.000000153. The van der Waals surface area contributed by atoms with E-state index in [2.05, 4.69) is 69.2 Å². The van der Waals surface area contributed by atoms with Crippen LogP contribution in [0, 0.1) is 59.2 Å². The quantitative estimate of drug-likeness (QED) is 0.358. The average Bonchev–Trinajstić information content (AvgIpc) is 2.87. The average molecular weight is 565 g/mol. The van der Waals surface area contributed by atoms with Gasteiger partial charge in [0.05, 0.1) is 0 Å². The molecule has 164 valence electrons. The normalized spacial score (nSPS) is 21.6. The Kier molecular flexibility index (Phi) is 24.7. The largest absolute Gasteiger partial charge is 1.00 e. The second-order valence-electron chi connectivity index (χ2n) is 6.88. The van der Waals surface area contributed by atoms with Crippen LogP contribution in [0.4, 0.5) is 0 Å². The van der Waals surface area contributed by atoms with Crippen molar-refractivity contribution < 1.29 is 49.2 Å². The Morgan fingerprint density at radius 3 is 0.429 bits per heavy atom. The van der Waals surface area contributed by atoms with Crippen LogP contribution in [0.2, 0.25) is 0 Å². The summed E-state index contributed by atoms with van der Waals surface area (Å²) >= 11 is 0. The zero-order chi connectivity index (χ0) is 21.2. The maximum absolute atomic E-state index is 7.57. The molecule has 0 aromatic heterocycles. The van der Waals surface area contributed by atoms with Gasteiger partial charge in [-0.05, 0) is 73.0 Å². The molecule has 2 rings (SSSR count). The SMILES string of the molecule is CCO.CCO.C[C]1[C](C)[C](C)[C](C)[C]1C.C[C]1[C](C)[C](C)[C](C)[C]1C.[Ru+].[Ru+]. The van der Waals surface area contributed by atoms with Crippen LogP contribution in [0.25, 0.3) is 0 Å². The van der Waals surface area contributed by atoms with Crippen molar-refractivity contribution >= 4 is 0 Å². The molecule has 2 aliphatic carbocycles. The van der Waals surface area contributed by atoms with Gasteiger partial charge in [-0.3, -0.25) is 0 Å². The number of aliphatic hydroxyl groups excluding tert-OH is 2. The minimum Gasteiger partial charge on any atom is -0.397 e. The zero-order valence-corrected chi connectivity index (χ0v) is 23.5. The van der Waals surface area contributed by atoms with Crippen molar-refractivity contribution in [2.24, 2.45) is 0 Å². The maximum atomic E-state index is 7.57. The summed E-state index contributed by atoms with van der Waals surface area (Å²) in [5.74, 6) is 14.7. The van der Waals surface area contributed by atoms with Gasteiger partial charge in [0.25, 0.3) is 0 Å². The molecular weight excluding hydrogens is 522 g/mol. The maximum Gasteiger partial charge on any atom is 1.00 e. The minimum atomic E-state index is 0. The summed E-state index contributed by atoms with van der Waals surface area (Å²) in [4.78, 5) is 0. The Morgan fingerprint density at radius 1 is 0.357 bits per heavy atom. The predicted molar refractivity (Wildman–Crippen MR) is 115 cm³/mol. The van der Waals surface area contributed by atoms with Crippen LogP contribution in [0.3, 0.4) is 0 Å². The van der Waals surface area contributed by atoms with Crippen LogP contribution in [0.1, 0.15) is 83.1 Å². The van der Waals surface area contributed by atoms with E-state index >= 15 is 0 Å². The number of aliphatic hydroxyl groups is 2. The molecule has 0 unspecified atom stereocenters. The first-order valence-electron chi connectivity index (χ1n) is 9.55. The van der Waals surface area contributed by atoms with Gasteiger partial charge in [0.2, 0.25) is 0 Å². The molecular formula is C24H42O2Ru2+2. The van der Waals surface area contributed by atoms with Crippen molar-refractivity contribution in [1.82, 2.24) is 0 Å². The predicted octanol–water partition coefficient (Wildman–Crippen LogP) is 5.94. The fourth-order valence-electron chi connectivity index (χ4n) is 2.81. The third-order valence-electron chi connectivity index (χ3n) is 5.62. The van der Waals surface area contributed by atoms with Gasteiger partial charge in [0.1, 0.15) is 0 Å². The monoisotopic (exact) mass is 566 g/mol. The Bertz CT molecular complexity index is 219. The molecule has 4 heteroatoms. The molecule has 0 bridgehead atoms. The third-order valence-corrected chi connectivity index (χ3v) is 5.62. The number of hydrogen-bond acceptors (Lipinski definition) is 2. The molecule has 2 aliphatic rings. The van der Waals surface area contributed by atoms with E-state index in [4.69, 9.17) is 10.2 Å². The molecule has 2 saturated carbocycles. The Hall–Kier alpha value is 1.17. The van der Waals surface area contributed by atoms with E-state index in [1.165, 1.54) is 59.2 Å². The van der Waals surface area contributed by atoms with Crippen LogP contribution in [-0.4, -0.2) is 23.4 Å². The molecule has 0 atom stereocenters. The van der Waals surface area contributed by atoms with E-state index in [0.717, 1.165) is 0 Å². The van der Waals surface area contributed by atoms with Gasteiger partial charge < -0.3 is 10.2 Å². The van der Waals surface area contributed by atoms with E-state index in [0.29, 0.717) is 0 Å². The van der Waals surface area contributed by atoms with Gasteiger partial charge in [-0.1, -0.05) is 69.2 Å². The van der Waals surface area contributed by atoms with Gasteiger partial charge in [-0.2, -0.15) is 0 Å². The summed E-state index contributed by atoms with van der Waals surface area (Å²) < 4.78 is 0. The van der Waals surface area contributed by atoms with Crippen molar-refractivity contribution in [3.63, 3.8) is 0 Å². The van der Waals surface area contributed by atoms with Gasteiger partial charge in [-0.25, -0.2) is 0 Å². The van der Waals surface area contributed by atoms with Gasteiger partial charge in [0, 0.05) is 13.2 Å². The van der Waals surface area contributed by atoms with Crippen molar-refractivity contribution in [3.8, 4) is 0 Å². The van der Waals surface area contributed by atoms with E-state index < -0.39 is 0 Å². The fraction of sp³-hybridized carbons (Fsp3) is 0.583. The standard InChI is InChI=1S/2C10H15.2C2H6O.2Ru/c2*1-6-7(2)9(4)10(5)8(6)3;2*1-2-3;;/h2*1-5H3;2*3H,2H2,1H3;;/q;;;;2*+1. The number of rotatable bonds is 0. The summed E-state index contributed by atoms with van der Waals surface area (Å²) in [6, 6.07) is 0. The van der Waals surface area contributed by atoms with E-state index in [1.807, 2.05) is 0 Å². The van der Waals surface area contributed by atoms with Crippen LogP contribution in [0.15, 0.2) is 0 Å². The summed E-state index contributed by atoms with van der Waals surface area (Å²) in [6.45, 7) is 25.9. The molecule has 2 nitrogen and oxygen atoms in total. The first-order valence-corrected chi connectivity index (χ1v) is 9.55. The summed E-state index contributed by atoms with van der Waals surface area (Å²) in [5.41, 5.74) is 0. The van der Waals surface area contributed by atoms with Gasteiger partial charge in [-0.15, -0.1) is 0 Å². The second kappa shape index (κ2) is 18.9. The van der Waals surface area contributed by atoms with Crippen LogP contribution >= 0.6 is 0 Å². The summed E-state index contributed by atoms with van der Waals surface area (Å²) in [7, 11) is 0. The zero-order valence-electron chi connectivity index (χ0n) is 20.0. The smallest absolute Gasteiger partial charge is 0.397 e. The van der Waals surface area contributed by atoms with Crippen molar-refractivity contribution in [2.45, 2.75) is 83.1 Å². The molecule has 0 aromatic rings. The topological polar surface area (TPSA) is 40.5 Å². The van der Waals surface area contributed by atoms with Gasteiger partial charge >= 0.3 is 39.0 Å². The summed E-state index contributed by atoms with van der Waals surface area (Å²) in [6.07, 6.45) is 0. The van der Waals surface area contributed by atoms with Crippen LogP contribution in [0.5, 0.6) is 0 Å². The third kappa shape index (κ3) is 11.0. The molecule has 28 heavy (non-hydrogen) atoms. The van der Waals surface area contributed by atoms with Crippen molar-refractivity contribution in [2.75, 3.05) is 13.2 Å². The first-order chi connectivity index (χ1) is 11.9. The van der Waals surface area contributed by atoms with E-state index in [-0.39, 0.29) is 52.2 Å². The second-order valence-corrected chi connectivity index (χ2v) is 6.88. The first kappa shape index (κ1) is 36.5. The molecule has 12 radical (unpaired) electrons. The minimum absolute atomic E-state index is 0. The van der Waals surface area contributed by atoms with Crippen molar-refractivity contribution in [3.05, 3.63) is 59.2 Å². The molecule has 0 saturated heterocycles. The molecule has 0 aliphatic heterocycles. The Morgan fingerprint density at radius 2 is 0.393 bits per heavy atom. The molecule has 0 aromatic carbocycles. The molecule has 0 spiro atoms.